The van der Waals surface area contributed by atoms with Gasteiger partial charge < -0.3 is 10.1 Å². The topological polar surface area (TPSA) is 61.0 Å². The fourth-order valence-electron chi connectivity index (χ4n) is 0.985. The molecular formula is C6H9N3O2. The van der Waals surface area contributed by atoms with Crippen molar-refractivity contribution in [1.82, 2.24) is 9.55 Å². The maximum Gasteiger partial charge on any atom is 0.434 e. The minimum Gasteiger partial charge on any atom is -0.390 e. The summed E-state index contributed by atoms with van der Waals surface area (Å²) in [6.45, 7) is 4.23. The number of aryl methyl sites for hydroxylation is 1. The van der Waals surface area contributed by atoms with Crippen LogP contribution in [0.3, 0.4) is 0 Å². The van der Waals surface area contributed by atoms with E-state index in [4.69, 9.17) is 0 Å². The van der Waals surface area contributed by atoms with Gasteiger partial charge in [0.1, 0.15) is 11.9 Å². The smallest absolute Gasteiger partial charge is 0.390 e. The van der Waals surface area contributed by atoms with Crippen LogP contribution in [0.2, 0.25) is 0 Å². The normalized spacial score (nSPS) is 10.0. The zero-order valence-corrected chi connectivity index (χ0v) is 6.44. The van der Waals surface area contributed by atoms with Crippen LogP contribution in [0, 0.1) is 17.0 Å². The molecule has 0 unspecified atom stereocenters. The number of aromatic nitrogens is 2. The molecule has 0 aliphatic carbocycles. The van der Waals surface area contributed by atoms with Crippen LogP contribution < -0.4 is 0 Å². The minimum absolute atomic E-state index is 0.0787. The van der Waals surface area contributed by atoms with E-state index in [1.807, 2.05) is 6.92 Å². The Balaban J connectivity index is 3.15. The van der Waals surface area contributed by atoms with Crippen molar-refractivity contribution in [2.24, 2.45) is 0 Å². The van der Waals surface area contributed by atoms with Gasteiger partial charge in [-0.15, -0.1) is 0 Å². The first kappa shape index (κ1) is 7.71. The standard InChI is InChI=1S/C6H9N3O2/c1-3-8-5(2)4-7-6(8)9(10)11/h4H,3H2,1-2H3. The van der Waals surface area contributed by atoms with Crippen LogP contribution in [0.5, 0.6) is 0 Å². The molecule has 60 valence electrons. The van der Waals surface area contributed by atoms with E-state index in [-0.39, 0.29) is 5.95 Å². The van der Waals surface area contributed by atoms with Crippen LogP contribution in [-0.4, -0.2) is 14.5 Å². The van der Waals surface area contributed by atoms with Crippen LogP contribution in [-0.2, 0) is 6.54 Å². The summed E-state index contributed by atoms with van der Waals surface area (Å²) in [7, 11) is 0. The van der Waals surface area contributed by atoms with Crippen LogP contribution in [0.4, 0.5) is 5.95 Å². The van der Waals surface area contributed by atoms with Gasteiger partial charge in [-0.1, -0.05) is 4.98 Å². The molecule has 5 heteroatoms. The van der Waals surface area contributed by atoms with Crippen molar-refractivity contribution in [1.29, 1.82) is 0 Å². The zero-order chi connectivity index (χ0) is 8.43. The summed E-state index contributed by atoms with van der Waals surface area (Å²) in [5.74, 6) is -0.0787. The van der Waals surface area contributed by atoms with Crippen molar-refractivity contribution in [3.63, 3.8) is 0 Å². The highest BCUT2D eigenvalue weighted by atomic mass is 16.6. The van der Waals surface area contributed by atoms with E-state index in [1.165, 1.54) is 6.20 Å². The maximum absolute atomic E-state index is 10.3. The van der Waals surface area contributed by atoms with E-state index >= 15 is 0 Å². The third-order valence-corrected chi connectivity index (χ3v) is 1.51. The van der Waals surface area contributed by atoms with Crippen molar-refractivity contribution < 1.29 is 4.92 Å². The molecule has 0 radical (unpaired) electrons. The molecule has 1 aromatic heterocycles. The van der Waals surface area contributed by atoms with E-state index in [2.05, 4.69) is 4.98 Å². The summed E-state index contributed by atoms with van der Waals surface area (Å²) >= 11 is 0. The third kappa shape index (κ3) is 1.21. The number of hydrogen-bond acceptors (Lipinski definition) is 3. The Morgan fingerprint density at radius 3 is 2.82 bits per heavy atom. The van der Waals surface area contributed by atoms with E-state index in [0.717, 1.165) is 5.69 Å². The summed E-state index contributed by atoms with van der Waals surface area (Å²) < 4.78 is 1.56. The minimum atomic E-state index is -0.476. The number of nitrogens with zero attached hydrogens (tertiary/aromatic N) is 3. The van der Waals surface area contributed by atoms with Crippen LogP contribution in [0.1, 0.15) is 12.6 Å². The van der Waals surface area contributed by atoms with E-state index in [1.54, 1.807) is 11.5 Å². The molecule has 0 aliphatic heterocycles. The van der Waals surface area contributed by atoms with Gasteiger partial charge >= 0.3 is 5.95 Å². The lowest BCUT2D eigenvalue weighted by molar-refractivity contribution is -0.396. The second-order valence-corrected chi connectivity index (χ2v) is 2.20. The first-order chi connectivity index (χ1) is 5.16. The van der Waals surface area contributed by atoms with Crippen LogP contribution in [0.15, 0.2) is 6.20 Å². The lowest BCUT2D eigenvalue weighted by atomic mass is 10.5. The average molecular weight is 155 g/mol. The average Bonchev–Trinajstić information content (AvgIpc) is 2.30. The predicted octanol–water partition coefficient (Wildman–Crippen LogP) is 1.12. The molecule has 0 aromatic carbocycles. The molecule has 0 saturated carbocycles. The molecule has 1 aromatic rings. The SMILES string of the molecule is CCn1c(C)cnc1[N+](=O)[O-]. The van der Waals surface area contributed by atoms with Gasteiger partial charge in [-0.25, -0.2) is 4.57 Å². The molecule has 0 bridgehead atoms. The van der Waals surface area contributed by atoms with Gasteiger partial charge in [-0.05, 0) is 18.8 Å². The molecule has 0 amide bonds. The molecule has 11 heavy (non-hydrogen) atoms. The second-order valence-electron chi connectivity index (χ2n) is 2.20. The summed E-state index contributed by atoms with van der Waals surface area (Å²) in [6, 6.07) is 0. The Morgan fingerprint density at radius 2 is 2.45 bits per heavy atom. The molecular weight excluding hydrogens is 146 g/mol. The molecule has 1 rings (SSSR count). The van der Waals surface area contributed by atoms with Crippen molar-refractivity contribution in [2.45, 2.75) is 20.4 Å². The number of rotatable bonds is 2. The number of imidazole rings is 1. The fourth-order valence-corrected chi connectivity index (χ4v) is 0.985. The second kappa shape index (κ2) is 2.69. The summed E-state index contributed by atoms with van der Waals surface area (Å²) in [6.07, 6.45) is 1.50. The maximum atomic E-state index is 10.3. The van der Waals surface area contributed by atoms with Crippen molar-refractivity contribution in [2.75, 3.05) is 0 Å². The monoisotopic (exact) mass is 155 g/mol. The summed E-state index contributed by atoms with van der Waals surface area (Å²) in [5.41, 5.74) is 0.819. The largest absolute Gasteiger partial charge is 0.434 e. The van der Waals surface area contributed by atoms with E-state index < -0.39 is 4.92 Å². The van der Waals surface area contributed by atoms with Gasteiger partial charge in [0.2, 0.25) is 0 Å². The first-order valence-electron chi connectivity index (χ1n) is 3.33. The number of hydrogen-bond donors (Lipinski definition) is 0. The van der Waals surface area contributed by atoms with Crippen molar-refractivity contribution >= 4 is 5.95 Å². The Hall–Kier alpha value is -1.39. The van der Waals surface area contributed by atoms with Gasteiger partial charge in [-0.3, -0.25) is 0 Å². The first-order valence-corrected chi connectivity index (χ1v) is 3.33. The van der Waals surface area contributed by atoms with Crippen molar-refractivity contribution in [3.8, 4) is 0 Å². The summed E-state index contributed by atoms with van der Waals surface area (Å²) in [5, 5.41) is 10.3. The lowest BCUT2D eigenvalue weighted by Gasteiger charge is -1.97. The highest BCUT2D eigenvalue weighted by molar-refractivity contribution is 5.13. The van der Waals surface area contributed by atoms with E-state index in [9.17, 15) is 10.1 Å². The van der Waals surface area contributed by atoms with Crippen molar-refractivity contribution in [3.05, 3.63) is 22.0 Å². The molecule has 0 spiro atoms. The highest BCUT2D eigenvalue weighted by Gasteiger charge is 2.15. The van der Waals surface area contributed by atoms with Gasteiger partial charge in [0.15, 0.2) is 0 Å². The van der Waals surface area contributed by atoms with Gasteiger partial charge in [0.05, 0.1) is 6.54 Å². The fraction of sp³-hybridized carbons (Fsp3) is 0.500. The third-order valence-electron chi connectivity index (χ3n) is 1.51. The Kier molecular flexibility index (Phi) is 1.89. The molecule has 0 aliphatic rings. The van der Waals surface area contributed by atoms with Gasteiger partial charge in [0, 0.05) is 0 Å². The van der Waals surface area contributed by atoms with Gasteiger partial charge in [0.25, 0.3) is 0 Å². The van der Waals surface area contributed by atoms with E-state index in [0.29, 0.717) is 6.54 Å². The Bertz CT molecular complexity index is 279. The molecule has 0 fully saturated rings. The van der Waals surface area contributed by atoms with Crippen LogP contribution in [0.25, 0.3) is 0 Å². The van der Waals surface area contributed by atoms with Crippen LogP contribution >= 0.6 is 0 Å². The Labute approximate surface area is 63.8 Å². The summed E-state index contributed by atoms with van der Waals surface area (Å²) in [4.78, 5) is 13.5. The zero-order valence-electron chi connectivity index (χ0n) is 6.44. The molecule has 5 nitrogen and oxygen atoms in total. The molecule has 0 N–H and O–H groups in total. The van der Waals surface area contributed by atoms with Gasteiger partial charge in [-0.2, -0.15) is 0 Å². The molecule has 0 atom stereocenters. The molecule has 0 saturated heterocycles. The number of nitro groups is 1. The quantitative estimate of drug-likeness (QED) is 0.475. The molecule has 1 heterocycles. The predicted molar refractivity (Wildman–Crippen MR) is 39.3 cm³/mol. The Morgan fingerprint density at radius 1 is 1.82 bits per heavy atom. The lowest BCUT2D eigenvalue weighted by Crippen LogP contribution is -2.02. The highest BCUT2D eigenvalue weighted by Crippen LogP contribution is 2.10.